The largest absolute Gasteiger partial charge is 0.493 e. The Labute approximate surface area is 145 Å². The molecule has 2 aromatic rings. The quantitative estimate of drug-likeness (QED) is 0.834. The Hall–Kier alpha value is -2.54. The zero-order valence-electron chi connectivity index (χ0n) is 14.5. The van der Waals surface area contributed by atoms with Crippen molar-refractivity contribution in [3.8, 4) is 11.5 Å². The molecule has 0 aliphatic carbocycles. The summed E-state index contributed by atoms with van der Waals surface area (Å²) in [7, 11) is 3.09. The fourth-order valence-electron chi connectivity index (χ4n) is 3.06. The van der Waals surface area contributed by atoms with Crippen molar-refractivity contribution < 1.29 is 19.0 Å². The molecule has 1 aromatic carbocycles. The Morgan fingerprint density at radius 1 is 1.12 bits per heavy atom. The van der Waals surface area contributed by atoms with Gasteiger partial charge in [0.15, 0.2) is 11.5 Å². The van der Waals surface area contributed by atoms with E-state index in [1.807, 2.05) is 0 Å². The Bertz CT molecular complexity index is 822. The lowest BCUT2D eigenvalue weighted by Crippen LogP contribution is -2.37. The number of methoxy groups -OCH3 is 2. The first-order chi connectivity index (χ1) is 12.2. The van der Waals surface area contributed by atoms with Crippen molar-refractivity contribution >= 4 is 16.7 Å². The third-order valence-electron chi connectivity index (χ3n) is 4.38. The van der Waals surface area contributed by atoms with Crippen LogP contribution in [0.3, 0.4) is 0 Å². The number of nitrogens with zero attached hydrogens (tertiary/aromatic N) is 2. The number of hydrogen-bond donors (Lipinski definition) is 0. The van der Waals surface area contributed by atoms with E-state index in [1.165, 1.54) is 11.7 Å². The van der Waals surface area contributed by atoms with Crippen LogP contribution < -0.4 is 15.0 Å². The molecule has 0 atom stereocenters. The summed E-state index contributed by atoms with van der Waals surface area (Å²) in [5.41, 5.74) is -0.224. The second-order valence-corrected chi connectivity index (χ2v) is 5.86. The normalized spacial score (nSPS) is 15.0. The molecule has 1 aliphatic heterocycles. The lowest BCUT2D eigenvalue weighted by atomic mass is 10.1. The van der Waals surface area contributed by atoms with Crippen LogP contribution >= 0.6 is 0 Å². The molecule has 1 aliphatic rings. The highest BCUT2D eigenvalue weighted by Gasteiger charge is 2.18. The number of aromatic nitrogens is 1. The van der Waals surface area contributed by atoms with Crippen molar-refractivity contribution in [1.82, 2.24) is 9.47 Å². The maximum atomic E-state index is 12.8. The molecule has 134 valence electrons. The SMILES string of the molecule is COc1ccc2c(=O)n(CC(=O)N3CCCOCC3)ccc2c1OC. The van der Waals surface area contributed by atoms with Gasteiger partial charge < -0.3 is 23.7 Å². The number of carbonyl (C=O) groups is 1. The van der Waals surface area contributed by atoms with Crippen LogP contribution in [0.1, 0.15) is 6.42 Å². The molecule has 0 saturated carbocycles. The Balaban J connectivity index is 1.91. The van der Waals surface area contributed by atoms with Gasteiger partial charge in [0.25, 0.3) is 5.56 Å². The summed E-state index contributed by atoms with van der Waals surface area (Å²) in [6, 6.07) is 5.16. The maximum absolute atomic E-state index is 12.8. The summed E-state index contributed by atoms with van der Waals surface area (Å²) >= 11 is 0. The van der Waals surface area contributed by atoms with Crippen LogP contribution in [0.5, 0.6) is 11.5 Å². The maximum Gasteiger partial charge on any atom is 0.259 e. The molecule has 0 N–H and O–H groups in total. The summed E-state index contributed by atoms with van der Waals surface area (Å²) in [6.07, 6.45) is 2.44. The van der Waals surface area contributed by atoms with Crippen LogP contribution in [-0.2, 0) is 16.1 Å². The molecule has 0 radical (unpaired) electrons. The molecule has 0 unspecified atom stereocenters. The van der Waals surface area contributed by atoms with E-state index < -0.39 is 0 Å². The van der Waals surface area contributed by atoms with Gasteiger partial charge in [-0.15, -0.1) is 0 Å². The Morgan fingerprint density at radius 3 is 2.72 bits per heavy atom. The van der Waals surface area contributed by atoms with Gasteiger partial charge in [-0.25, -0.2) is 0 Å². The summed E-state index contributed by atoms with van der Waals surface area (Å²) in [5.74, 6) is 1.00. The fourth-order valence-corrected chi connectivity index (χ4v) is 3.06. The molecular formula is C18H22N2O5. The predicted octanol–water partition coefficient (Wildman–Crippen LogP) is 1.27. The topological polar surface area (TPSA) is 70.0 Å². The van der Waals surface area contributed by atoms with Crippen LogP contribution in [0.25, 0.3) is 10.8 Å². The van der Waals surface area contributed by atoms with Crippen LogP contribution in [-0.4, -0.2) is 55.9 Å². The highest BCUT2D eigenvalue weighted by atomic mass is 16.5. The molecule has 0 spiro atoms. The molecule has 1 amide bonds. The predicted molar refractivity (Wildman–Crippen MR) is 93.3 cm³/mol. The fraction of sp³-hybridized carbons (Fsp3) is 0.444. The molecule has 3 rings (SSSR count). The molecule has 7 nitrogen and oxygen atoms in total. The molecular weight excluding hydrogens is 324 g/mol. The lowest BCUT2D eigenvalue weighted by Gasteiger charge is -2.20. The minimum atomic E-state index is -0.224. The first kappa shape index (κ1) is 17.3. The van der Waals surface area contributed by atoms with Gasteiger partial charge in [0.1, 0.15) is 6.54 Å². The van der Waals surface area contributed by atoms with Gasteiger partial charge in [-0.3, -0.25) is 9.59 Å². The monoisotopic (exact) mass is 346 g/mol. The number of hydrogen-bond acceptors (Lipinski definition) is 5. The summed E-state index contributed by atoms with van der Waals surface area (Å²) in [4.78, 5) is 27.0. The average Bonchev–Trinajstić information content (AvgIpc) is 2.92. The van der Waals surface area contributed by atoms with E-state index >= 15 is 0 Å². The van der Waals surface area contributed by atoms with Gasteiger partial charge >= 0.3 is 0 Å². The number of fused-ring (bicyclic) bond motifs is 1. The third kappa shape index (κ3) is 3.46. The van der Waals surface area contributed by atoms with E-state index in [0.717, 1.165) is 6.42 Å². The standard InChI is InChI=1S/C18H22N2O5/c1-23-15-5-4-14-13(17(15)24-2)6-8-20(18(14)22)12-16(21)19-7-3-10-25-11-9-19/h4-6,8H,3,7,9-12H2,1-2H3. The molecule has 1 fully saturated rings. The smallest absolute Gasteiger partial charge is 0.259 e. The minimum Gasteiger partial charge on any atom is -0.493 e. The van der Waals surface area contributed by atoms with E-state index in [1.54, 1.807) is 36.4 Å². The molecule has 0 bridgehead atoms. The zero-order chi connectivity index (χ0) is 17.8. The number of rotatable bonds is 4. The first-order valence-corrected chi connectivity index (χ1v) is 8.25. The second kappa shape index (κ2) is 7.57. The van der Waals surface area contributed by atoms with Crippen molar-refractivity contribution in [2.45, 2.75) is 13.0 Å². The van der Waals surface area contributed by atoms with Crippen molar-refractivity contribution in [2.75, 3.05) is 40.5 Å². The lowest BCUT2D eigenvalue weighted by molar-refractivity contribution is -0.131. The van der Waals surface area contributed by atoms with Crippen LogP contribution in [0.2, 0.25) is 0 Å². The summed E-state index contributed by atoms with van der Waals surface area (Å²) in [5, 5.41) is 1.16. The highest BCUT2D eigenvalue weighted by Crippen LogP contribution is 2.33. The van der Waals surface area contributed by atoms with Crippen molar-refractivity contribution in [3.63, 3.8) is 0 Å². The van der Waals surface area contributed by atoms with E-state index in [2.05, 4.69) is 0 Å². The third-order valence-corrected chi connectivity index (χ3v) is 4.38. The van der Waals surface area contributed by atoms with Crippen molar-refractivity contribution in [3.05, 3.63) is 34.7 Å². The second-order valence-electron chi connectivity index (χ2n) is 5.86. The van der Waals surface area contributed by atoms with Crippen LogP contribution in [0, 0.1) is 0 Å². The van der Waals surface area contributed by atoms with Crippen molar-refractivity contribution in [1.29, 1.82) is 0 Å². The first-order valence-electron chi connectivity index (χ1n) is 8.25. The van der Waals surface area contributed by atoms with Gasteiger partial charge in [0, 0.05) is 31.3 Å². The minimum absolute atomic E-state index is 0.0170. The number of pyridine rings is 1. The van der Waals surface area contributed by atoms with E-state index in [4.69, 9.17) is 14.2 Å². The van der Waals surface area contributed by atoms with Crippen molar-refractivity contribution in [2.24, 2.45) is 0 Å². The van der Waals surface area contributed by atoms with Gasteiger partial charge in [0.05, 0.1) is 26.2 Å². The highest BCUT2D eigenvalue weighted by molar-refractivity contribution is 5.90. The Morgan fingerprint density at radius 2 is 1.96 bits per heavy atom. The van der Waals surface area contributed by atoms with Crippen LogP contribution in [0.4, 0.5) is 0 Å². The number of carbonyl (C=O) groups excluding carboxylic acids is 1. The molecule has 2 heterocycles. The number of ether oxygens (including phenoxy) is 3. The molecule has 1 saturated heterocycles. The number of benzene rings is 1. The Kier molecular flexibility index (Phi) is 5.23. The van der Waals surface area contributed by atoms with E-state index in [-0.39, 0.29) is 18.0 Å². The average molecular weight is 346 g/mol. The van der Waals surface area contributed by atoms with E-state index in [9.17, 15) is 9.59 Å². The molecule has 1 aromatic heterocycles. The van der Waals surface area contributed by atoms with Crippen LogP contribution in [0.15, 0.2) is 29.2 Å². The van der Waals surface area contributed by atoms with Gasteiger partial charge in [-0.05, 0) is 24.6 Å². The molecule has 25 heavy (non-hydrogen) atoms. The zero-order valence-corrected chi connectivity index (χ0v) is 14.5. The number of amides is 1. The van der Waals surface area contributed by atoms with Gasteiger partial charge in [0.2, 0.25) is 5.91 Å². The van der Waals surface area contributed by atoms with Gasteiger partial charge in [-0.2, -0.15) is 0 Å². The molecule has 7 heteroatoms. The van der Waals surface area contributed by atoms with E-state index in [0.29, 0.717) is 48.6 Å². The summed E-state index contributed by atoms with van der Waals surface area (Å²) < 4.78 is 17.4. The van der Waals surface area contributed by atoms with Gasteiger partial charge in [-0.1, -0.05) is 0 Å². The summed E-state index contributed by atoms with van der Waals surface area (Å²) in [6.45, 7) is 2.44.